The molecule has 0 saturated carbocycles. The van der Waals surface area contributed by atoms with Crippen molar-refractivity contribution in [1.29, 1.82) is 10.5 Å². The number of aliphatic hydroxyl groups is 1. The summed E-state index contributed by atoms with van der Waals surface area (Å²) in [6.07, 6.45) is 0. The number of hydrogen-bond acceptors (Lipinski definition) is 7. The summed E-state index contributed by atoms with van der Waals surface area (Å²) in [5, 5.41) is 37.9. The highest BCUT2D eigenvalue weighted by Gasteiger charge is 2.20. The van der Waals surface area contributed by atoms with Crippen LogP contribution in [0.4, 0.5) is 5.82 Å². The molecule has 2 aromatic rings. The number of aromatic nitrogens is 1. The molecule has 0 aliphatic heterocycles. The van der Waals surface area contributed by atoms with E-state index in [4.69, 9.17) is 10.8 Å². The number of hydrogen-bond donors (Lipinski definition) is 3. The SMILES string of the molecule is Cc1cc(-c2c(C#N)c(N)nc(SCCO)c2C#N)ccc1O. The molecule has 0 aliphatic rings. The topological polar surface area (TPSA) is 127 Å². The van der Waals surface area contributed by atoms with Crippen molar-refractivity contribution in [2.24, 2.45) is 0 Å². The maximum absolute atomic E-state index is 9.67. The highest BCUT2D eigenvalue weighted by atomic mass is 32.2. The van der Waals surface area contributed by atoms with Crippen LogP contribution in [0.25, 0.3) is 11.1 Å². The van der Waals surface area contributed by atoms with E-state index < -0.39 is 0 Å². The predicted octanol–water partition coefficient (Wildman–Crippen LogP) is 2.17. The highest BCUT2D eigenvalue weighted by molar-refractivity contribution is 7.99. The van der Waals surface area contributed by atoms with Gasteiger partial charge in [-0.3, -0.25) is 0 Å². The number of aryl methyl sites for hydroxylation is 1. The number of nitrogen functional groups attached to an aromatic ring is 1. The van der Waals surface area contributed by atoms with Crippen molar-refractivity contribution >= 4 is 17.6 Å². The molecule has 0 saturated heterocycles. The van der Waals surface area contributed by atoms with Crippen LogP contribution < -0.4 is 5.73 Å². The fraction of sp³-hybridized carbons (Fsp3) is 0.188. The van der Waals surface area contributed by atoms with Crippen LogP contribution in [0.2, 0.25) is 0 Å². The largest absolute Gasteiger partial charge is 0.508 e. The first-order valence-electron chi connectivity index (χ1n) is 6.70. The Morgan fingerprint density at radius 1 is 1.26 bits per heavy atom. The molecule has 7 heteroatoms. The van der Waals surface area contributed by atoms with E-state index >= 15 is 0 Å². The van der Waals surface area contributed by atoms with Gasteiger partial charge in [0.1, 0.15) is 34.3 Å². The number of phenols is 1. The molecule has 0 spiro atoms. The monoisotopic (exact) mass is 326 g/mol. The third-order valence-corrected chi connectivity index (χ3v) is 4.19. The van der Waals surface area contributed by atoms with Crippen LogP contribution in [-0.2, 0) is 0 Å². The van der Waals surface area contributed by atoms with Crippen molar-refractivity contribution in [3.8, 4) is 29.0 Å². The Bertz CT molecular complexity index is 837. The lowest BCUT2D eigenvalue weighted by Gasteiger charge is -2.13. The van der Waals surface area contributed by atoms with E-state index in [9.17, 15) is 15.6 Å². The van der Waals surface area contributed by atoms with Crippen LogP contribution in [0.15, 0.2) is 23.2 Å². The summed E-state index contributed by atoms with van der Waals surface area (Å²) in [5.41, 5.74) is 7.85. The van der Waals surface area contributed by atoms with E-state index in [0.717, 1.165) is 0 Å². The Morgan fingerprint density at radius 2 is 1.96 bits per heavy atom. The summed E-state index contributed by atoms with van der Waals surface area (Å²) in [7, 11) is 0. The molecule has 1 aromatic heterocycles. The van der Waals surface area contributed by atoms with Gasteiger partial charge in [-0.1, -0.05) is 6.07 Å². The molecule has 6 nitrogen and oxygen atoms in total. The van der Waals surface area contributed by atoms with E-state index in [1.54, 1.807) is 19.1 Å². The fourth-order valence-electron chi connectivity index (χ4n) is 2.14. The zero-order chi connectivity index (χ0) is 17.0. The van der Waals surface area contributed by atoms with Crippen LogP contribution in [0, 0.1) is 29.6 Å². The molecule has 0 aliphatic carbocycles. The number of pyridine rings is 1. The van der Waals surface area contributed by atoms with Gasteiger partial charge in [0.05, 0.1) is 12.2 Å². The van der Waals surface area contributed by atoms with Gasteiger partial charge in [0, 0.05) is 11.3 Å². The van der Waals surface area contributed by atoms with Gasteiger partial charge in [-0.25, -0.2) is 4.98 Å². The predicted molar refractivity (Wildman–Crippen MR) is 87.7 cm³/mol. The van der Waals surface area contributed by atoms with Crippen molar-refractivity contribution < 1.29 is 10.2 Å². The molecular formula is C16H14N4O2S. The Hall–Kier alpha value is -2.74. The average Bonchev–Trinajstić information content (AvgIpc) is 2.54. The molecule has 2 rings (SSSR count). The molecule has 23 heavy (non-hydrogen) atoms. The summed E-state index contributed by atoms with van der Waals surface area (Å²) < 4.78 is 0. The molecule has 0 fully saturated rings. The molecule has 0 radical (unpaired) electrons. The second kappa shape index (κ2) is 7.01. The number of thioether (sulfide) groups is 1. The molecule has 0 bridgehead atoms. The first kappa shape index (κ1) is 16.6. The number of anilines is 1. The minimum atomic E-state index is -0.0647. The summed E-state index contributed by atoms with van der Waals surface area (Å²) in [6, 6.07) is 8.88. The minimum Gasteiger partial charge on any atom is -0.508 e. The van der Waals surface area contributed by atoms with Crippen LogP contribution >= 0.6 is 11.8 Å². The number of phenolic OH excluding ortho intramolecular Hbond substituents is 1. The lowest BCUT2D eigenvalue weighted by atomic mass is 9.95. The lowest BCUT2D eigenvalue weighted by Crippen LogP contribution is -2.04. The number of nitriles is 2. The van der Waals surface area contributed by atoms with E-state index in [0.29, 0.717) is 27.5 Å². The zero-order valence-electron chi connectivity index (χ0n) is 12.4. The first-order valence-corrected chi connectivity index (χ1v) is 7.69. The summed E-state index contributed by atoms with van der Waals surface area (Å²) in [5.74, 6) is 0.525. The molecule has 116 valence electrons. The van der Waals surface area contributed by atoms with Crippen molar-refractivity contribution in [3.63, 3.8) is 0 Å². The number of aliphatic hydroxyl groups excluding tert-OH is 1. The zero-order valence-corrected chi connectivity index (χ0v) is 13.2. The number of rotatable bonds is 4. The van der Waals surface area contributed by atoms with Crippen LogP contribution in [-0.4, -0.2) is 27.6 Å². The van der Waals surface area contributed by atoms with Crippen molar-refractivity contribution in [2.75, 3.05) is 18.1 Å². The van der Waals surface area contributed by atoms with Gasteiger partial charge >= 0.3 is 0 Å². The third-order valence-electron chi connectivity index (χ3n) is 3.23. The van der Waals surface area contributed by atoms with Crippen LogP contribution in [0.3, 0.4) is 0 Å². The number of nitrogens with zero attached hydrogens (tertiary/aromatic N) is 3. The van der Waals surface area contributed by atoms with E-state index in [-0.39, 0.29) is 29.3 Å². The minimum absolute atomic E-state index is 0.0349. The Balaban J connectivity index is 2.78. The van der Waals surface area contributed by atoms with Gasteiger partial charge in [0.25, 0.3) is 0 Å². The summed E-state index contributed by atoms with van der Waals surface area (Å²) in [6.45, 7) is 1.66. The van der Waals surface area contributed by atoms with Gasteiger partial charge in [0.2, 0.25) is 0 Å². The molecule has 1 heterocycles. The molecular weight excluding hydrogens is 312 g/mol. The second-order valence-corrected chi connectivity index (χ2v) is 5.81. The number of benzene rings is 1. The summed E-state index contributed by atoms with van der Waals surface area (Å²) in [4.78, 5) is 4.11. The maximum Gasteiger partial charge on any atom is 0.143 e. The third kappa shape index (κ3) is 3.21. The second-order valence-electron chi connectivity index (χ2n) is 4.72. The molecule has 1 aromatic carbocycles. The number of aromatic hydroxyl groups is 1. The maximum atomic E-state index is 9.67. The van der Waals surface area contributed by atoms with Crippen LogP contribution in [0.5, 0.6) is 5.75 Å². The number of nitrogens with two attached hydrogens (primary N) is 1. The van der Waals surface area contributed by atoms with Gasteiger partial charge in [-0.05, 0) is 30.2 Å². The molecule has 4 N–H and O–H groups in total. The quantitative estimate of drug-likeness (QED) is 0.735. The van der Waals surface area contributed by atoms with E-state index in [2.05, 4.69) is 11.1 Å². The van der Waals surface area contributed by atoms with Crippen molar-refractivity contribution in [2.45, 2.75) is 11.9 Å². The van der Waals surface area contributed by atoms with E-state index in [1.807, 2.05) is 6.07 Å². The fourth-order valence-corrected chi connectivity index (χ4v) is 2.88. The molecule has 0 unspecified atom stereocenters. The smallest absolute Gasteiger partial charge is 0.143 e. The Labute approximate surface area is 137 Å². The highest BCUT2D eigenvalue weighted by Crippen LogP contribution is 2.36. The van der Waals surface area contributed by atoms with Crippen molar-refractivity contribution in [1.82, 2.24) is 4.98 Å². The lowest BCUT2D eigenvalue weighted by molar-refractivity contribution is 0.322. The Morgan fingerprint density at radius 3 is 2.52 bits per heavy atom. The average molecular weight is 326 g/mol. The molecule has 0 atom stereocenters. The summed E-state index contributed by atoms with van der Waals surface area (Å²) >= 11 is 1.20. The van der Waals surface area contributed by atoms with Gasteiger partial charge in [0.15, 0.2) is 0 Å². The normalized spacial score (nSPS) is 10.1. The first-order chi connectivity index (χ1) is 11.0. The van der Waals surface area contributed by atoms with Gasteiger partial charge in [-0.2, -0.15) is 10.5 Å². The standard InChI is InChI=1S/C16H14N4O2S/c1-9-6-10(2-3-13(9)22)14-11(7-17)15(19)20-16(12(14)8-18)23-5-4-21/h2-3,6,21-22H,4-5H2,1H3,(H2,19,20). The van der Waals surface area contributed by atoms with E-state index in [1.165, 1.54) is 17.8 Å². The van der Waals surface area contributed by atoms with Gasteiger partial charge in [-0.15, -0.1) is 11.8 Å². The van der Waals surface area contributed by atoms with Crippen molar-refractivity contribution in [3.05, 3.63) is 34.9 Å². The van der Waals surface area contributed by atoms with Gasteiger partial charge < -0.3 is 15.9 Å². The molecule has 0 amide bonds. The Kier molecular flexibility index (Phi) is 5.07. The van der Waals surface area contributed by atoms with Crippen LogP contribution in [0.1, 0.15) is 16.7 Å².